The van der Waals surface area contributed by atoms with Gasteiger partial charge in [0.15, 0.2) is 0 Å². The molecule has 0 aliphatic heterocycles. The Balaban J connectivity index is 3.19. The molecule has 1 aromatic rings. The maximum atomic E-state index is 11.4. The van der Waals surface area contributed by atoms with Crippen molar-refractivity contribution in [2.24, 2.45) is 11.1 Å². The fraction of sp³-hybridized carbons (Fsp3) is 0.308. The summed E-state index contributed by atoms with van der Waals surface area (Å²) in [5, 5.41) is 9.17. The van der Waals surface area contributed by atoms with E-state index in [9.17, 15) is 9.90 Å². The lowest BCUT2D eigenvalue weighted by atomic mass is 9.90. The van der Waals surface area contributed by atoms with E-state index in [-0.39, 0.29) is 11.2 Å². The van der Waals surface area contributed by atoms with Gasteiger partial charge in [0, 0.05) is 5.57 Å². The predicted octanol–water partition coefficient (Wildman–Crippen LogP) is 2.31. The lowest BCUT2D eigenvalue weighted by Crippen LogP contribution is -2.15. The van der Waals surface area contributed by atoms with Crippen LogP contribution in [0.15, 0.2) is 30.3 Å². The topological polar surface area (TPSA) is 63.3 Å². The molecule has 0 heterocycles. The summed E-state index contributed by atoms with van der Waals surface area (Å²) in [4.78, 5) is 11.4. The molecule has 0 bridgehead atoms. The summed E-state index contributed by atoms with van der Waals surface area (Å²) in [6.07, 6.45) is 1.84. The smallest absolute Gasteiger partial charge is 0.249 e. The summed E-state index contributed by atoms with van der Waals surface area (Å²) in [5.41, 5.74) is 6.42. The lowest BCUT2D eigenvalue weighted by molar-refractivity contribution is -0.112. The highest BCUT2D eigenvalue weighted by Crippen LogP contribution is 2.24. The maximum absolute atomic E-state index is 11.4. The Labute approximate surface area is 95.6 Å². The van der Waals surface area contributed by atoms with E-state index >= 15 is 0 Å². The Morgan fingerprint density at radius 2 is 1.75 bits per heavy atom. The summed E-state index contributed by atoms with van der Waals surface area (Å²) in [6, 6.07) is 6.43. The number of nitrogens with two attached hydrogens (primary N) is 1. The summed E-state index contributed by atoms with van der Waals surface area (Å²) >= 11 is 0. The van der Waals surface area contributed by atoms with Gasteiger partial charge in [-0.25, -0.2) is 0 Å². The zero-order valence-electron chi connectivity index (χ0n) is 9.82. The molecule has 0 atom stereocenters. The van der Waals surface area contributed by atoms with Gasteiger partial charge in [-0.3, -0.25) is 4.79 Å². The third-order valence-corrected chi connectivity index (χ3v) is 2.02. The first kappa shape index (κ1) is 12.3. The Bertz CT molecular complexity index is 411. The van der Waals surface area contributed by atoms with Crippen LogP contribution in [-0.2, 0) is 4.79 Å². The molecule has 0 aromatic heterocycles. The second-order valence-corrected chi connectivity index (χ2v) is 4.84. The molecule has 3 N–H and O–H groups in total. The fourth-order valence-electron chi connectivity index (χ4n) is 1.37. The van der Waals surface area contributed by atoms with Crippen LogP contribution in [0.4, 0.5) is 0 Å². The number of aromatic hydroxyl groups is 1. The van der Waals surface area contributed by atoms with Gasteiger partial charge in [0.05, 0.1) is 0 Å². The Hall–Kier alpha value is -1.77. The lowest BCUT2D eigenvalue weighted by Gasteiger charge is -2.15. The van der Waals surface area contributed by atoms with Crippen molar-refractivity contribution in [1.29, 1.82) is 0 Å². The zero-order valence-corrected chi connectivity index (χ0v) is 9.82. The minimum Gasteiger partial charge on any atom is -0.508 e. The van der Waals surface area contributed by atoms with Gasteiger partial charge in [-0.2, -0.15) is 0 Å². The van der Waals surface area contributed by atoms with Crippen LogP contribution in [0.3, 0.4) is 0 Å². The van der Waals surface area contributed by atoms with Gasteiger partial charge >= 0.3 is 0 Å². The van der Waals surface area contributed by atoms with Gasteiger partial charge in [0.25, 0.3) is 0 Å². The molecule has 86 valence electrons. The van der Waals surface area contributed by atoms with Crippen LogP contribution in [0.5, 0.6) is 5.75 Å². The molecular weight excluding hydrogens is 202 g/mol. The van der Waals surface area contributed by atoms with Crippen molar-refractivity contribution in [3.8, 4) is 5.75 Å². The molecule has 0 fully saturated rings. The summed E-state index contributed by atoms with van der Waals surface area (Å²) in [5.74, 6) is -0.288. The van der Waals surface area contributed by atoms with E-state index in [0.29, 0.717) is 5.57 Å². The van der Waals surface area contributed by atoms with Crippen LogP contribution in [0.1, 0.15) is 26.3 Å². The number of benzene rings is 1. The average molecular weight is 219 g/mol. The first-order valence-corrected chi connectivity index (χ1v) is 5.12. The molecule has 16 heavy (non-hydrogen) atoms. The Morgan fingerprint density at radius 1 is 1.25 bits per heavy atom. The van der Waals surface area contributed by atoms with E-state index in [0.717, 1.165) is 5.56 Å². The van der Waals surface area contributed by atoms with Crippen LogP contribution in [0.2, 0.25) is 0 Å². The van der Waals surface area contributed by atoms with Gasteiger partial charge in [0.1, 0.15) is 5.75 Å². The van der Waals surface area contributed by atoms with Gasteiger partial charge in [-0.05, 0) is 23.1 Å². The quantitative estimate of drug-likeness (QED) is 0.750. The largest absolute Gasteiger partial charge is 0.508 e. The van der Waals surface area contributed by atoms with E-state index in [1.807, 2.05) is 26.8 Å². The van der Waals surface area contributed by atoms with Crippen LogP contribution in [0, 0.1) is 5.41 Å². The zero-order chi connectivity index (χ0) is 12.3. The molecule has 1 amide bonds. The molecule has 0 saturated heterocycles. The molecule has 3 nitrogen and oxygen atoms in total. The van der Waals surface area contributed by atoms with Crippen LogP contribution >= 0.6 is 0 Å². The SMILES string of the molecule is CC(C)(C)C=C(C(N)=O)c1ccc(O)cc1. The highest BCUT2D eigenvalue weighted by molar-refractivity contribution is 6.18. The standard InChI is InChI=1S/C13H17NO2/c1-13(2,3)8-11(12(14)16)9-4-6-10(15)7-5-9/h4-8,15H,1-3H3,(H2,14,16). The average Bonchev–Trinajstić information content (AvgIpc) is 2.14. The number of phenols is 1. The van der Waals surface area contributed by atoms with Crippen molar-refractivity contribution >= 4 is 11.5 Å². The van der Waals surface area contributed by atoms with Crippen molar-refractivity contribution < 1.29 is 9.90 Å². The van der Waals surface area contributed by atoms with Crippen molar-refractivity contribution in [3.63, 3.8) is 0 Å². The first-order chi connectivity index (χ1) is 7.29. The van der Waals surface area contributed by atoms with Gasteiger partial charge < -0.3 is 10.8 Å². The number of carbonyl (C=O) groups is 1. The highest BCUT2D eigenvalue weighted by atomic mass is 16.3. The normalized spacial score (nSPS) is 12.6. The first-order valence-electron chi connectivity index (χ1n) is 5.12. The monoisotopic (exact) mass is 219 g/mol. The molecule has 3 heteroatoms. The van der Waals surface area contributed by atoms with Gasteiger partial charge in [-0.1, -0.05) is 39.0 Å². The maximum Gasteiger partial charge on any atom is 0.249 e. The predicted molar refractivity (Wildman–Crippen MR) is 64.7 cm³/mol. The minimum absolute atomic E-state index is 0.123. The molecule has 0 aliphatic rings. The fourth-order valence-corrected chi connectivity index (χ4v) is 1.37. The number of hydrogen-bond acceptors (Lipinski definition) is 2. The number of primary amides is 1. The van der Waals surface area contributed by atoms with E-state index in [1.54, 1.807) is 12.1 Å². The van der Waals surface area contributed by atoms with E-state index < -0.39 is 5.91 Å². The molecule has 1 rings (SSSR count). The minimum atomic E-state index is -0.458. The highest BCUT2D eigenvalue weighted by Gasteiger charge is 2.14. The summed E-state index contributed by atoms with van der Waals surface area (Å²) in [6.45, 7) is 5.99. The Kier molecular flexibility index (Phi) is 3.38. The molecule has 0 spiro atoms. The summed E-state index contributed by atoms with van der Waals surface area (Å²) in [7, 11) is 0. The molecule has 0 radical (unpaired) electrons. The molecule has 0 saturated carbocycles. The number of carbonyl (C=O) groups excluding carboxylic acids is 1. The number of phenolic OH excluding ortho intramolecular Hbond substituents is 1. The van der Waals surface area contributed by atoms with E-state index in [4.69, 9.17) is 5.73 Å². The van der Waals surface area contributed by atoms with E-state index in [2.05, 4.69) is 0 Å². The van der Waals surface area contributed by atoms with Gasteiger partial charge in [0.2, 0.25) is 5.91 Å². The van der Waals surface area contributed by atoms with E-state index in [1.165, 1.54) is 12.1 Å². The van der Waals surface area contributed by atoms with Crippen LogP contribution in [-0.4, -0.2) is 11.0 Å². The van der Waals surface area contributed by atoms with Crippen molar-refractivity contribution in [3.05, 3.63) is 35.9 Å². The van der Waals surface area contributed by atoms with Crippen molar-refractivity contribution in [2.45, 2.75) is 20.8 Å². The third-order valence-electron chi connectivity index (χ3n) is 2.02. The number of rotatable bonds is 2. The summed E-state index contributed by atoms with van der Waals surface area (Å²) < 4.78 is 0. The molecule has 0 aliphatic carbocycles. The van der Waals surface area contributed by atoms with Crippen LogP contribution in [0.25, 0.3) is 5.57 Å². The molecule has 0 unspecified atom stereocenters. The second kappa shape index (κ2) is 4.39. The van der Waals surface area contributed by atoms with Crippen molar-refractivity contribution in [1.82, 2.24) is 0 Å². The third kappa shape index (κ3) is 3.42. The Morgan fingerprint density at radius 3 is 2.12 bits per heavy atom. The van der Waals surface area contributed by atoms with Crippen molar-refractivity contribution in [2.75, 3.05) is 0 Å². The number of hydrogen-bond donors (Lipinski definition) is 2. The molecular formula is C13H17NO2. The van der Waals surface area contributed by atoms with Crippen LogP contribution < -0.4 is 5.73 Å². The second-order valence-electron chi connectivity index (χ2n) is 4.84. The number of allylic oxidation sites excluding steroid dienone is 1. The molecule has 1 aromatic carbocycles. The van der Waals surface area contributed by atoms with Gasteiger partial charge in [-0.15, -0.1) is 0 Å². The number of amides is 1.